The van der Waals surface area contributed by atoms with Gasteiger partial charge < -0.3 is 95.3 Å². The van der Waals surface area contributed by atoms with Crippen LogP contribution in [0, 0.1) is 19.3 Å². The molecule has 11 amide bonds. The molecule has 6 aromatic rings. The van der Waals surface area contributed by atoms with Crippen LogP contribution in [0.4, 0.5) is 17.1 Å². The average Bonchev–Trinajstić information content (AvgIpc) is 1.55. The Balaban J connectivity index is 0.724. The van der Waals surface area contributed by atoms with E-state index in [1.165, 1.54) is 0 Å². The summed E-state index contributed by atoms with van der Waals surface area (Å²) in [6, 6.07) is 29.1. The molecular weight excluding hydrogens is 1610 g/mol. The summed E-state index contributed by atoms with van der Waals surface area (Å²) in [5.41, 5.74) is 13.3. The number of carbonyl (C=O) groups is 12. The minimum Gasteiger partial charge on any atom is -0.490 e. The van der Waals surface area contributed by atoms with E-state index in [1.807, 2.05) is 36.6 Å². The van der Waals surface area contributed by atoms with Crippen molar-refractivity contribution >= 4 is 117 Å². The Labute approximate surface area is 716 Å². The number of aryl methyl sites for hydroxylation is 4. The Morgan fingerprint density at radius 2 is 1.15 bits per heavy atom. The Morgan fingerprint density at radius 1 is 0.561 bits per heavy atom. The van der Waals surface area contributed by atoms with Gasteiger partial charge in [-0.15, -0.1) is 11.8 Å². The van der Waals surface area contributed by atoms with Gasteiger partial charge in [0.05, 0.1) is 101 Å². The number of imide groups is 3. The molecule has 0 saturated carbocycles. The van der Waals surface area contributed by atoms with Crippen LogP contribution in [0.1, 0.15) is 87.1 Å². The van der Waals surface area contributed by atoms with Crippen LogP contribution in [-0.4, -0.2) is 279 Å². The monoisotopic (exact) mass is 1720 g/mol. The molecule has 11 N–H and O–H groups in total. The van der Waals surface area contributed by atoms with E-state index in [-0.39, 0.29) is 58.5 Å². The average molecular weight is 1720 g/mol. The number of nitrogens with one attached hydrogen (secondary N) is 8. The van der Waals surface area contributed by atoms with Gasteiger partial charge in [0.2, 0.25) is 41.4 Å². The first kappa shape index (κ1) is 91.8. The van der Waals surface area contributed by atoms with Gasteiger partial charge in [0.1, 0.15) is 61.2 Å². The van der Waals surface area contributed by atoms with E-state index in [9.17, 15) is 62.6 Å². The minimum absolute atomic E-state index is 0.00387. The number of hydrogen-bond donors (Lipinski definition) is 10. The zero-order chi connectivity index (χ0) is 87.3. The van der Waals surface area contributed by atoms with Crippen molar-refractivity contribution < 1.29 is 101 Å². The summed E-state index contributed by atoms with van der Waals surface area (Å²) in [6.45, 7) is 11.5. The molecule has 3 fully saturated rings. The highest BCUT2D eigenvalue weighted by Crippen LogP contribution is 2.37. The lowest BCUT2D eigenvalue weighted by molar-refractivity contribution is -0.145. The summed E-state index contributed by atoms with van der Waals surface area (Å²) in [6.07, 6.45) is -0.379. The summed E-state index contributed by atoms with van der Waals surface area (Å²) in [5.74, 6) is -11.1. The number of fused-ring (bicyclic) bond motifs is 20. The Hall–Kier alpha value is -12.0. The fourth-order valence-electron chi connectivity index (χ4n) is 14.9. The predicted octanol–water partition coefficient (Wildman–Crippen LogP) is 2.87. The fraction of sp³-hybridized carbons (Fsp3) is 0.460. The van der Waals surface area contributed by atoms with E-state index in [0.717, 1.165) is 77.8 Å². The molecule has 0 aliphatic carbocycles. The number of ether oxygens (including phenoxy) is 8. The molecule has 2 bridgehead atoms. The number of rotatable bonds is 26. The number of benzene rings is 6. The van der Waals surface area contributed by atoms with Crippen molar-refractivity contribution in [2.45, 2.75) is 101 Å². The number of guanidine groups is 1. The third-order valence-electron chi connectivity index (χ3n) is 21.3. The first-order chi connectivity index (χ1) is 59.5. The second-order valence-corrected chi connectivity index (χ2v) is 31.4. The van der Waals surface area contributed by atoms with E-state index in [0.29, 0.717) is 159 Å². The number of carbonyl (C=O) groups excluding carboxylic acids is 11. The summed E-state index contributed by atoms with van der Waals surface area (Å²) in [5, 5.41) is 33.8. The molecule has 6 heterocycles. The van der Waals surface area contributed by atoms with Crippen molar-refractivity contribution in [1.82, 2.24) is 47.0 Å². The van der Waals surface area contributed by atoms with E-state index in [4.69, 9.17) is 49.0 Å². The first-order valence-corrected chi connectivity index (χ1v) is 42.4. The predicted molar refractivity (Wildman–Crippen MR) is 456 cm³/mol. The maximum atomic E-state index is 14.4. The highest BCUT2D eigenvalue weighted by atomic mass is 32.2. The van der Waals surface area contributed by atoms with Gasteiger partial charge in [-0.2, -0.15) is 0 Å². The second-order valence-electron chi connectivity index (χ2n) is 30.1. The van der Waals surface area contributed by atoms with Gasteiger partial charge in [-0.25, -0.2) is 0 Å². The third-order valence-corrected chi connectivity index (χ3v) is 22.6. The van der Waals surface area contributed by atoms with Crippen LogP contribution in [0.15, 0.2) is 115 Å². The normalized spacial score (nSPS) is 19.8. The molecule has 5 atom stereocenters. The van der Waals surface area contributed by atoms with Crippen LogP contribution >= 0.6 is 11.8 Å². The quantitative estimate of drug-likeness (QED) is 0.00932. The number of carboxylic acid groups (broad SMARTS) is 1. The van der Waals surface area contributed by atoms with Crippen LogP contribution in [-0.2, 0) is 90.9 Å². The highest BCUT2D eigenvalue weighted by Gasteiger charge is 2.42. The number of nitrogens with two attached hydrogens (primary N) is 1. The van der Waals surface area contributed by atoms with E-state index < -0.39 is 125 Å². The smallest absolute Gasteiger partial charge is 0.315 e. The molecule has 2 unspecified atom stereocenters. The van der Waals surface area contributed by atoms with Gasteiger partial charge in [0.15, 0.2) is 5.96 Å². The van der Waals surface area contributed by atoms with Crippen LogP contribution < -0.4 is 71.9 Å². The first-order valence-electron chi connectivity index (χ1n) is 41.3. The van der Waals surface area contributed by atoms with E-state index in [1.54, 1.807) is 55.6 Å². The number of carboxylic acids is 1. The van der Waals surface area contributed by atoms with Gasteiger partial charge in [0, 0.05) is 101 Å². The largest absolute Gasteiger partial charge is 0.490 e. The van der Waals surface area contributed by atoms with Crippen molar-refractivity contribution in [3.05, 3.63) is 154 Å². The molecule has 0 radical (unpaired) electrons. The number of nitrogens with zero attached hydrogens (tertiary/aromatic N) is 5. The lowest BCUT2D eigenvalue weighted by atomic mass is 9.89. The van der Waals surface area contributed by atoms with Gasteiger partial charge >= 0.3 is 17.8 Å². The molecule has 3 saturated heterocycles. The maximum Gasteiger partial charge on any atom is 0.315 e. The molecule has 36 heteroatoms. The van der Waals surface area contributed by atoms with Gasteiger partial charge in [-0.3, -0.25) is 78.1 Å². The van der Waals surface area contributed by atoms with Gasteiger partial charge in [-0.05, 0) is 128 Å². The number of hydrogen-bond acceptors (Lipinski definition) is 25. The van der Waals surface area contributed by atoms with Crippen LogP contribution in [0.3, 0.4) is 0 Å². The molecule has 123 heavy (non-hydrogen) atoms. The molecule has 6 aliphatic rings. The summed E-state index contributed by atoms with van der Waals surface area (Å²) >= 11 is 0.785. The molecule has 12 rings (SSSR count). The van der Waals surface area contributed by atoms with Crippen molar-refractivity contribution in [3.63, 3.8) is 0 Å². The summed E-state index contributed by atoms with van der Waals surface area (Å²) in [4.78, 5) is 173. The van der Waals surface area contributed by atoms with Crippen molar-refractivity contribution in [2.24, 2.45) is 5.73 Å². The molecule has 658 valence electrons. The van der Waals surface area contributed by atoms with Crippen molar-refractivity contribution in [2.75, 3.05) is 172 Å². The molecule has 6 aromatic carbocycles. The van der Waals surface area contributed by atoms with E-state index >= 15 is 0 Å². The Kier molecular flexibility index (Phi) is 34.2. The number of aliphatic carboxylic acids is 1. The van der Waals surface area contributed by atoms with Gasteiger partial charge in [-0.1, -0.05) is 66.7 Å². The molecular formula is C87H108N14O21S. The number of amides is 11. The van der Waals surface area contributed by atoms with Crippen LogP contribution in [0.5, 0.6) is 17.2 Å². The second kappa shape index (κ2) is 45.8. The lowest BCUT2D eigenvalue weighted by Gasteiger charge is -2.30. The summed E-state index contributed by atoms with van der Waals surface area (Å²) in [7, 11) is 1.63. The Bertz CT molecular complexity index is 4670. The fourth-order valence-corrected chi connectivity index (χ4v) is 16.1. The Morgan fingerprint density at radius 3 is 1.77 bits per heavy atom. The molecule has 0 aromatic heterocycles. The van der Waals surface area contributed by atoms with Crippen LogP contribution in [0.2, 0.25) is 0 Å². The zero-order valence-corrected chi connectivity index (χ0v) is 70.1. The standard InChI is InChI=1S/C87H108N14O21S/c1-55-17-22-67-70(48-55)120-40-34-99(35-41-121-71-49-56(2)18-23-68(71)98-32-38-118-45-43-116-36-30-97(67)31-37-117-44-46-119-39-33-98)69-24-19-58(51-72(69)122-47-42-115-3)12-7-13-59-20-21-62-77-60(59)14-8-15-61(77)84(112)101(85(62)113)29-27-90-74(102)25-28-100-75(103)53-73(86(100)114)123-54-66-81(109)92-63(16-9-26-91-87(88)89)78(106)96-83(111)82(110)94-65(52-76(104)105)80(108)93-64(79(107)95-66)50-57-10-5-4-6-11-57/h4-6,8,10-11,14-15,17-24,48-49,51,63-66,73H,7,9,12-13,16,25-47,50,52-54H2,1-3H3,(H,90,102)(H,92,109)(H,93,108)(H,94,110)(H,95,107)(H,104,105)(H4,88,89,91)(H,96,106,111)/t63-,64-,65+,66?,73?/m0/s1. The summed E-state index contributed by atoms with van der Waals surface area (Å²) < 4.78 is 50.3. The number of anilines is 3. The number of methoxy groups -OCH3 is 1. The minimum atomic E-state index is -1.95. The lowest BCUT2D eigenvalue weighted by Crippen LogP contribution is -2.59. The highest BCUT2D eigenvalue weighted by molar-refractivity contribution is 8.00. The van der Waals surface area contributed by atoms with E-state index in [2.05, 4.69) is 95.9 Å². The number of likely N-dealkylation sites (tertiary alicyclic amines) is 1. The number of thioether (sulfide) groups is 1. The topological polar surface area (TPSA) is 449 Å². The molecule has 35 nitrogen and oxygen atoms in total. The zero-order valence-electron chi connectivity index (χ0n) is 69.3. The van der Waals surface area contributed by atoms with Crippen LogP contribution in [0.25, 0.3) is 10.8 Å². The maximum absolute atomic E-state index is 14.4. The molecule has 0 spiro atoms. The van der Waals surface area contributed by atoms with Gasteiger partial charge in [0.25, 0.3) is 11.8 Å². The molecule has 6 aliphatic heterocycles. The van der Waals surface area contributed by atoms with Crippen molar-refractivity contribution in [3.8, 4) is 17.2 Å². The SMILES string of the molecule is COCCOc1cc(CCCc2ccc3c4c(cccc24)C(=O)N(CCNC(=O)CCN2C(=O)CC(SCC4NC(=O)[C@H](Cc5ccccc5)NC(=O)[C@@H](CC(=O)O)NC(=O)C(=O)NC(=O)[C@H](CCCNC(=N)N)NC4=O)C2=O)C3=O)ccc1N1CCOc2cc(C)ccc2N2CCOCCOCCN(CCOCCOCC2)c2ccc(C)cc2OCC1. The third kappa shape index (κ3) is 26.1. The van der Waals surface area contributed by atoms with Crippen molar-refractivity contribution in [1.29, 1.82) is 5.41 Å².